The summed E-state index contributed by atoms with van der Waals surface area (Å²) >= 11 is 0. The minimum absolute atomic E-state index is 0.0512. The Labute approximate surface area is 153 Å². The molecule has 0 unspecified atom stereocenters. The number of hydrogen-bond donors (Lipinski definition) is 1. The molecule has 0 bridgehead atoms. The van der Waals surface area contributed by atoms with E-state index in [4.69, 9.17) is 4.74 Å². The first-order chi connectivity index (χ1) is 12.6. The quantitative estimate of drug-likeness (QED) is 0.876. The summed E-state index contributed by atoms with van der Waals surface area (Å²) in [5.74, 6) is -0.448. The molecule has 0 spiro atoms. The lowest BCUT2D eigenvalue weighted by molar-refractivity contribution is -0.137. The maximum atomic E-state index is 13.3. The molecule has 2 saturated heterocycles. The third-order valence-electron chi connectivity index (χ3n) is 5.14. The van der Waals surface area contributed by atoms with Gasteiger partial charge < -0.3 is 15.0 Å². The number of carbonyl (C=O) groups excluding carboxylic acids is 2. The summed E-state index contributed by atoms with van der Waals surface area (Å²) in [7, 11) is 0. The van der Waals surface area contributed by atoms with Crippen LogP contribution < -0.4 is 5.32 Å². The average Bonchev–Trinajstić information content (AvgIpc) is 3.15. The Bertz CT molecular complexity index is 614. The number of carbonyl (C=O) groups is 2. The molecule has 2 aliphatic rings. The monoisotopic (exact) mass is 362 g/mol. The Kier molecular flexibility index (Phi) is 6.61. The lowest BCUT2D eigenvalue weighted by atomic mass is 9.99. The van der Waals surface area contributed by atoms with E-state index in [1.165, 1.54) is 12.1 Å². The highest BCUT2D eigenvalue weighted by atomic mass is 19.1. The molecule has 5 nitrogen and oxygen atoms in total. The number of likely N-dealkylation sites (tertiary alicyclic amines) is 1. The molecule has 6 heteroatoms. The third kappa shape index (κ3) is 5.04. The van der Waals surface area contributed by atoms with E-state index in [-0.39, 0.29) is 36.3 Å². The lowest BCUT2D eigenvalue weighted by Crippen LogP contribution is -2.44. The number of amides is 2. The Morgan fingerprint density at radius 2 is 1.96 bits per heavy atom. The minimum atomic E-state index is -0.324. The highest BCUT2D eigenvalue weighted by Crippen LogP contribution is 2.27. The van der Waals surface area contributed by atoms with Gasteiger partial charge in [-0.15, -0.1) is 0 Å². The van der Waals surface area contributed by atoms with Gasteiger partial charge in [0.15, 0.2) is 0 Å². The molecule has 2 aliphatic heterocycles. The molecule has 1 aromatic carbocycles. The molecule has 2 atom stereocenters. The van der Waals surface area contributed by atoms with E-state index in [9.17, 15) is 14.0 Å². The molecule has 2 amide bonds. The van der Waals surface area contributed by atoms with Gasteiger partial charge in [0.25, 0.3) is 0 Å². The van der Waals surface area contributed by atoms with Crippen molar-refractivity contribution < 1.29 is 18.7 Å². The summed E-state index contributed by atoms with van der Waals surface area (Å²) in [5, 5.41) is 3.02. The van der Waals surface area contributed by atoms with Crippen molar-refractivity contribution in [2.24, 2.45) is 0 Å². The van der Waals surface area contributed by atoms with E-state index in [0.29, 0.717) is 19.6 Å². The van der Waals surface area contributed by atoms with Crippen LogP contribution >= 0.6 is 0 Å². The smallest absolute Gasteiger partial charge is 0.240 e. The van der Waals surface area contributed by atoms with Gasteiger partial charge in [-0.05, 0) is 43.4 Å². The van der Waals surface area contributed by atoms with Gasteiger partial charge in [0.1, 0.15) is 5.82 Å². The molecule has 0 aliphatic carbocycles. The first kappa shape index (κ1) is 18.8. The van der Waals surface area contributed by atoms with Crippen LogP contribution in [-0.2, 0) is 14.3 Å². The summed E-state index contributed by atoms with van der Waals surface area (Å²) < 4.78 is 19.0. The Morgan fingerprint density at radius 1 is 1.19 bits per heavy atom. The molecule has 142 valence electrons. The molecule has 2 fully saturated rings. The van der Waals surface area contributed by atoms with Crippen LogP contribution in [0.4, 0.5) is 4.39 Å². The molecule has 3 rings (SSSR count). The van der Waals surface area contributed by atoms with Crippen molar-refractivity contribution in [3.05, 3.63) is 35.6 Å². The van der Waals surface area contributed by atoms with Crippen LogP contribution in [0.3, 0.4) is 0 Å². The van der Waals surface area contributed by atoms with Crippen molar-refractivity contribution in [3.63, 3.8) is 0 Å². The van der Waals surface area contributed by atoms with Gasteiger partial charge in [-0.2, -0.15) is 0 Å². The van der Waals surface area contributed by atoms with Crippen LogP contribution in [0.1, 0.15) is 56.6 Å². The predicted molar refractivity (Wildman–Crippen MR) is 95.9 cm³/mol. The third-order valence-corrected chi connectivity index (χ3v) is 5.14. The van der Waals surface area contributed by atoms with Gasteiger partial charge in [0, 0.05) is 19.6 Å². The fourth-order valence-electron chi connectivity index (χ4n) is 3.70. The molecular formula is C20H27FN2O3. The van der Waals surface area contributed by atoms with E-state index in [1.807, 2.05) is 0 Å². The number of hydrogen-bond acceptors (Lipinski definition) is 3. The van der Waals surface area contributed by atoms with Gasteiger partial charge >= 0.3 is 0 Å². The van der Waals surface area contributed by atoms with E-state index in [2.05, 4.69) is 5.32 Å². The topological polar surface area (TPSA) is 58.6 Å². The number of benzene rings is 1. The molecule has 0 saturated carbocycles. The van der Waals surface area contributed by atoms with Crippen molar-refractivity contribution >= 4 is 11.8 Å². The maximum absolute atomic E-state index is 13.3. The van der Waals surface area contributed by atoms with E-state index in [0.717, 1.165) is 44.1 Å². The van der Waals surface area contributed by atoms with Gasteiger partial charge in [-0.1, -0.05) is 25.0 Å². The Balaban J connectivity index is 1.66. The molecular weight excluding hydrogens is 335 g/mol. The van der Waals surface area contributed by atoms with Crippen molar-refractivity contribution in [1.29, 1.82) is 0 Å². The van der Waals surface area contributed by atoms with E-state index in [1.54, 1.807) is 17.0 Å². The highest BCUT2D eigenvalue weighted by Gasteiger charge is 2.29. The normalized spacial score (nSPS) is 22.6. The largest absolute Gasteiger partial charge is 0.376 e. The predicted octanol–water partition coefficient (Wildman–Crippen LogP) is 2.95. The van der Waals surface area contributed by atoms with Gasteiger partial charge in [-0.25, -0.2) is 4.39 Å². The van der Waals surface area contributed by atoms with Gasteiger partial charge in [0.2, 0.25) is 11.8 Å². The van der Waals surface area contributed by atoms with Crippen LogP contribution in [0.2, 0.25) is 0 Å². The van der Waals surface area contributed by atoms with E-state index < -0.39 is 0 Å². The van der Waals surface area contributed by atoms with Gasteiger partial charge in [0.05, 0.1) is 18.7 Å². The first-order valence-electron chi connectivity index (χ1n) is 9.58. The van der Waals surface area contributed by atoms with E-state index >= 15 is 0 Å². The highest BCUT2D eigenvalue weighted by molar-refractivity contribution is 5.85. The number of halogens is 1. The van der Waals surface area contributed by atoms with Crippen LogP contribution in [0.25, 0.3) is 0 Å². The lowest BCUT2D eigenvalue weighted by Gasteiger charge is -2.28. The number of nitrogens with one attached hydrogen (secondary N) is 1. The van der Waals surface area contributed by atoms with Gasteiger partial charge in [-0.3, -0.25) is 9.59 Å². The second-order valence-corrected chi connectivity index (χ2v) is 7.13. The second-order valence-electron chi connectivity index (χ2n) is 7.13. The van der Waals surface area contributed by atoms with Crippen molar-refractivity contribution in [2.75, 3.05) is 19.7 Å². The zero-order valence-electron chi connectivity index (χ0n) is 15.1. The Morgan fingerprint density at radius 3 is 2.69 bits per heavy atom. The number of ether oxygens (including phenoxy) is 1. The fourth-order valence-corrected chi connectivity index (χ4v) is 3.70. The maximum Gasteiger partial charge on any atom is 0.240 e. The summed E-state index contributed by atoms with van der Waals surface area (Å²) in [6.45, 7) is 1.37. The molecule has 0 radical (unpaired) electrons. The first-order valence-corrected chi connectivity index (χ1v) is 9.58. The zero-order chi connectivity index (χ0) is 18.4. The second kappa shape index (κ2) is 9.12. The molecule has 26 heavy (non-hydrogen) atoms. The standard InChI is InChI=1S/C20H27FN2O3/c21-16-10-8-15(9-11-16)20(17-6-5-13-26-17)22-18(24)14-23-12-4-2-1-3-7-19(23)25/h8-11,17,20H,1-7,12-14H2,(H,22,24)/t17-,20-/m1/s1. The molecule has 2 heterocycles. The summed E-state index contributed by atoms with van der Waals surface area (Å²) in [6, 6.07) is 5.83. The summed E-state index contributed by atoms with van der Waals surface area (Å²) in [6.07, 6.45) is 6.20. The van der Waals surface area contributed by atoms with Crippen LogP contribution in [0.5, 0.6) is 0 Å². The number of nitrogens with zero attached hydrogens (tertiary/aromatic N) is 1. The van der Waals surface area contributed by atoms with Crippen molar-refractivity contribution in [1.82, 2.24) is 10.2 Å². The van der Waals surface area contributed by atoms with Crippen LogP contribution in [0.15, 0.2) is 24.3 Å². The Hall–Kier alpha value is -1.95. The molecule has 1 aromatic rings. The minimum Gasteiger partial charge on any atom is -0.376 e. The number of rotatable bonds is 5. The average molecular weight is 362 g/mol. The SMILES string of the molecule is O=C(CN1CCCCCCC1=O)N[C@H](c1ccc(F)cc1)[C@H]1CCCO1. The zero-order valence-corrected chi connectivity index (χ0v) is 15.1. The van der Waals surface area contributed by atoms with Crippen LogP contribution in [-0.4, -0.2) is 42.5 Å². The van der Waals surface area contributed by atoms with Crippen molar-refractivity contribution in [3.8, 4) is 0 Å². The summed E-state index contributed by atoms with van der Waals surface area (Å²) in [4.78, 5) is 26.5. The van der Waals surface area contributed by atoms with Crippen molar-refractivity contribution in [2.45, 2.75) is 57.1 Å². The summed E-state index contributed by atoms with van der Waals surface area (Å²) in [5.41, 5.74) is 0.825. The van der Waals surface area contributed by atoms with Crippen LogP contribution in [0, 0.1) is 5.82 Å². The fraction of sp³-hybridized carbons (Fsp3) is 0.600. The molecule has 1 N–H and O–H groups in total. The molecule has 0 aromatic heterocycles.